The van der Waals surface area contributed by atoms with E-state index < -0.39 is 0 Å². The highest BCUT2D eigenvalue weighted by Crippen LogP contribution is 2.39. The number of rotatable bonds is 4. The van der Waals surface area contributed by atoms with Crippen molar-refractivity contribution in [2.75, 3.05) is 25.1 Å². The molecule has 104 valence electrons. The molecular formula is C17H20N2S. The zero-order valence-electron chi connectivity index (χ0n) is 11.8. The summed E-state index contributed by atoms with van der Waals surface area (Å²) in [4.78, 5) is 3.84. The number of hydrogen-bond donors (Lipinski definition) is 1. The summed E-state index contributed by atoms with van der Waals surface area (Å²) >= 11 is 1.98. The maximum Gasteiger partial charge on any atom is 0.0317 e. The molecule has 1 atom stereocenters. The molecule has 0 aliphatic carbocycles. The first-order chi connectivity index (χ1) is 9.72. The van der Waals surface area contributed by atoms with Crippen LogP contribution >= 0.6 is 11.8 Å². The molecule has 0 amide bonds. The molecular weight excluding hydrogens is 264 g/mol. The fourth-order valence-electron chi connectivity index (χ4n) is 2.82. The van der Waals surface area contributed by atoms with Gasteiger partial charge in [-0.3, -0.25) is 0 Å². The molecule has 3 heteroatoms. The maximum atomic E-state index is 5.84. The highest BCUT2D eigenvalue weighted by molar-refractivity contribution is 7.99. The van der Waals surface area contributed by atoms with Crippen molar-refractivity contribution in [3.63, 3.8) is 0 Å². The molecule has 2 nitrogen and oxygen atoms in total. The Labute approximate surface area is 125 Å². The Balaban J connectivity index is 1.64. The first-order valence-corrected chi connectivity index (χ1v) is 7.95. The van der Waals surface area contributed by atoms with Crippen molar-refractivity contribution >= 4 is 17.4 Å². The van der Waals surface area contributed by atoms with Crippen molar-refractivity contribution in [3.05, 3.63) is 59.7 Å². The molecule has 2 aromatic rings. The Morgan fingerprint density at radius 2 is 2.05 bits per heavy atom. The van der Waals surface area contributed by atoms with Gasteiger partial charge in [0.2, 0.25) is 0 Å². The molecule has 0 radical (unpaired) electrons. The molecule has 20 heavy (non-hydrogen) atoms. The van der Waals surface area contributed by atoms with E-state index in [-0.39, 0.29) is 0 Å². The Morgan fingerprint density at radius 1 is 1.20 bits per heavy atom. The van der Waals surface area contributed by atoms with Gasteiger partial charge >= 0.3 is 0 Å². The number of nitrogens with zero attached hydrogens (tertiary/aromatic N) is 1. The van der Waals surface area contributed by atoms with Gasteiger partial charge in [0, 0.05) is 35.3 Å². The third kappa shape index (κ3) is 3.00. The van der Waals surface area contributed by atoms with E-state index >= 15 is 0 Å². The van der Waals surface area contributed by atoms with Crippen LogP contribution in [0.4, 0.5) is 5.69 Å². The van der Waals surface area contributed by atoms with E-state index in [1.165, 1.54) is 21.8 Å². The Morgan fingerprint density at radius 3 is 2.90 bits per heavy atom. The lowest BCUT2D eigenvalue weighted by molar-refractivity contribution is 0.311. The minimum atomic E-state index is 0.641. The number of nitrogen functional groups attached to an aromatic ring is 1. The quantitative estimate of drug-likeness (QED) is 0.870. The fourth-order valence-corrected chi connectivity index (χ4v) is 4.07. The molecule has 2 N–H and O–H groups in total. The van der Waals surface area contributed by atoms with E-state index in [1.807, 2.05) is 23.9 Å². The average Bonchev–Trinajstić information content (AvgIpc) is 2.82. The molecule has 1 heterocycles. The van der Waals surface area contributed by atoms with E-state index in [1.54, 1.807) is 0 Å². The number of fused-ring (bicyclic) bond motifs is 1. The predicted octanol–water partition coefficient (Wildman–Crippen LogP) is 3.59. The summed E-state index contributed by atoms with van der Waals surface area (Å²) in [5, 5.41) is 0. The molecule has 0 fully saturated rings. The Kier molecular flexibility index (Phi) is 3.99. The van der Waals surface area contributed by atoms with Crippen LogP contribution in [-0.2, 0) is 6.54 Å². The van der Waals surface area contributed by atoms with Crippen LogP contribution in [0.25, 0.3) is 0 Å². The smallest absolute Gasteiger partial charge is 0.0317 e. The Hall–Kier alpha value is -1.45. The van der Waals surface area contributed by atoms with Crippen LogP contribution in [0, 0.1) is 0 Å². The minimum absolute atomic E-state index is 0.641. The van der Waals surface area contributed by atoms with Gasteiger partial charge < -0.3 is 10.6 Å². The SMILES string of the molecule is CN(Cc1cccc(N)c1)CC1CSc2ccccc21. The van der Waals surface area contributed by atoms with Gasteiger partial charge in [0.05, 0.1) is 0 Å². The molecule has 0 saturated heterocycles. The van der Waals surface area contributed by atoms with Gasteiger partial charge in [-0.25, -0.2) is 0 Å². The first kappa shape index (κ1) is 13.5. The molecule has 1 aliphatic rings. The lowest BCUT2D eigenvalue weighted by atomic mass is 10.0. The number of thioether (sulfide) groups is 1. The van der Waals surface area contributed by atoms with Gasteiger partial charge in [-0.2, -0.15) is 0 Å². The monoisotopic (exact) mass is 284 g/mol. The summed E-state index contributed by atoms with van der Waals surface area (Å²) in [6.45, 7) is 2.05. The molecule has 0 saturated carbocycles. The van der Waals surface area contributed by atoms with Crippen molar-refractivity contribution in [1.82, 2.24) is 4.90 Å². The first-order valence-electron chi connectivity index (χ1n) is 6.97. The van der Waals surface area contributed by atoms with Crippen LogP contribution in [0.5, 0.6) is 0 Å². The second-order valence-electron chi connectivity index (χ2n) is 5.49. The van der Waals surface area contributed by atoms with Crippen LogP contribution in [0.1, 0.15) is 17.0 Å². The van der Waals surface area contributed by atoms with Gasteiger partial charge in [-0.05, 0) is 36.4 Å². The highest BCUT2D eigenvalue weighted by Gasteiger charge is 2.23. The topological polar surface area (TPSA) is 29.3 Å². The second-order valence-corrected chi connectivity index (χ2v) is 6.55. The largest absolute Gasteiger partial charge is 0.399 e. The average molecular weight is 284 g/mol. The van der Waals surface area contributed by atoms with Crippen molar-refractivity contribution in [2.45, 2.75) is 17.4 Å². The van der Waals surface area contributed by atoms with E-state index in [4.69, 9.17) is 5.73 Å². The van der Waals surface area contributed by atoms with E-state index in [0.29, 0.717) is 5.92 Å². The zero-order chi connectivity index (χ0) is 13.9. The molecule has 2 aromatic carbocycles. The van der Waals surface area contributed by atoms with Gasteiger partial charge in [0.15, 0.2) is 0 Å². The number of benzene rings is 2. The van der Waals surface area contributed by atoms with Crippen LogP contribution in [0.15, 0.2) is 53.4 Å². The van der Waals surface area contributed by atoms with Crippen molar-refractivity contribution in [3.8, 4) is 0 Å². The standard InChI is InChI=1S/C17H20N2S/c1-19(10-13-5-4-6-15(18)9-13)11-14-12-20-17-8-3-2-7-16(14)17/h2-9,14H,10-12,18H2,1H3. The third-order valence-corrected chi connectivity index (χ3v) is 4.99. The number of likely N-dealkylation sites (N-methyl/N-ethyl adjacent to an activating group) is 1. The number of hydrogen-bond acceptors (Lipinski definition) is 3. The van der Waals surface area contributed by atoms with Gasteiger partial charge in [-0.15, -0.1) is 11.8 Å². The lowest BCUT2D eigenvalue weighted by Gasteiger charge is -2.21. The molecule has 1 unspecified atom stereocenters. The van der Waals surface area contributed by atoms with E-state index in [9.17, 15) is 0 Å². The molecule has 0 bridgehead atoms. The molecule has 1 aliphatic heterocycles. The van der Waals surface area contributed by atoms with Gasteiger partial charge in [-0.1, -0.05) is 30.3 Å². The maximum absolute atomic E-state index is 5.84. The highest BCUT2D eigenvalue weighted by atomic mass is 32.2. The van der Waals surface area contributed by atoms with E-state index in [2.05, 4.69) is 48.3 Å². The number of nitrogens with two attached hydrogens (primary N) is 1. The van der Waals surface area contributed by atoms with Crippen molar-refractivity contribution in [2.24, 2.45) is 0 Å². The summed E-state index contributed by atoms with van der Waals surface area (Å²) in [5.74, 6) is 1.84. The fraction of sp³-hybridized carbons (Fsp3) is 0.294. The Bertz CT molecular complexity index is 597. The summed E-state index contributed by atoms with van der Waals surface area (Å²) in [5.41, 5.74) is 9.48. The number of anilines is 1. The summed E-state index contributed by atoms with van der Waals surface area (Å²) in [7, 11) is 2.19. The van der Waals surface area contributed by atoms with Crippen LogP contribution < -0.4 is 5.73 Å². The van der Waals surface area contributed by atoms with Crippen LogP contribution in [-0.4, -0.2) is 24.2 Å². The molecule has 0 aromatic heterocycles. The zero-order valence-corrected chi connectivity index (χ0v) is 12.6. The summed E-state index contributed by atoms with van der Waals surface area (Å²) < 4.78 is 0. The molecule has 3 rings (SSSR count). The summed E-state index contributed by atoms with van der Waals surface area (Å²) in [6, 6.07) is 17.0. The second kappa shape index (κ2) is 5.90. The van der Waals surface area contributed by atoms with Crippen LogP contribution in [0.2, 0.25) is 0 Å². The van der Waals surface area contributed by atoms with Crippen molar-refractivity contribution < 1.29 is 0 Å². The normalized spacial score (nSPS) is 17.4. The summed E-state index contributed by atoms with van der Waals surface area (Å²) in [6.07, 6.45) is 0. The lowest BCUT2D eigenvalue weighted by Crippen LogP contribution is -2.24. The van der Waals surface area contributed by atoms with E-state index in [0.717, 1.165) is 18.8 Å². The molecule has 0 spiro atoms. The van der Waals surface area contributed by atoms with Gasteiger partial charge in [0.1, 0.15) is 0 Å². The third-order valence-electron chi connectivity index (χ3n) is 3.73. The van der Waals surface area contributed by atoms with Crippen molar-refractivity contribution in [1.29, 1.82) is 0 Å². The predicted molar refractivity (Wildman–Crippen MR) is 87.1 cm³/mol. The van der Waals surface area contributed by atoms with Gasteiger partial charge in [0.25, 0.3) is 0 Å². The van der Waals surface area contributed by atoms with Crippen LogP contribution in [0.3, 0.4) is 0 Å². The minimum Gasteiger partial charge on any atom is -0.399 e.